The van der Waals surface area contributed by atoms with Gasteiger partial charge in [0, 0.05) is 0 Å². The van der Waals surface area contributed by atoms with Gasteiger partial charge in [-0.3, -0.25) is 4.79 Å². The van der Waals surface area contributed by atoms with Crippen molar-refractivity contribution in [2.45, 2.75) is 38.3 Å². The molecule has 1 fully saturated rings. The molecule has 0 aliphatic heterocycles. The molecule has 0 aromatic heterocycles. The molecule has 0 bridgehead atoms. The molecule has 0 saturated heterocycles. The highest BCUT2D eigenvalue weighted by Gasteiger charge is 2.48. The highest BCUT2D eigenvalue weighted by molar-refractivity contribution is 5.77. The summed E-state index contributed by atoms with van der Waals surface area (Å²) in [7, 11) is 0. The molecule has 1 aliphatic rings. The van der Waals surface area contributed by atoms with Gasteiger partial charge in [0.1, 0.15) is 5.92 Å². The third kappa shape index (κ3) is 2.62. The van der Waals surface area contributed by atoms with E-state index in [9.17, 15) is 18.0 Å². The van der Waals surface area contributed by atoms with Crippen molar-refractivity contribution in [2.75, 3.05) is 0 Å². The molecule has 1 rings (SSSR count). The van der Waals surface area contributed by atoms with Crippen LogP contribution in [0, 0.1) is 11.8 Å². The minimum absolute atomic E-state index is 0.465. The SMILES string of the molecule is NC(=O)C(C1CCCCC1)C(F)(F)F. The van der Waals surface area contributed by atoms with Crippen LogP contribution < -0.4 is 5.73 Å². The van der Waals surface area contributed by atoms with Crippen LogP contribution in [-0.2, 0) is 4.79 Å². The lowest BCUT2D eigenvalue weighted by molar-refractivity contribution is -0.193. The molecule has 1 aliphatic carbocycles. The lowest BCUT2D eigenvalue weighted by atomic mass is 9.79. The van der Waals surface area contributed by atoms with Crippen LogP contribution in [0.25, 0.3) is 0 Å². The predicted octanol–water partition coefficient (Wildman–Crippen LogP) is 2.23. The highest BCUT2D eigenvalue weighted by atomic mass is 19.4. The van der Waals surface area contributed by atoms with E-state index in [4.69, 9.17) is 5.73 Å². The van der Waals surface area contributed by atoms with Crippen molar-refractivity contribution in [2.24, 2.45) is 17.6 Å². The van der Waals surface area contributed by atoms with E-state index in [2.05, 4.69) is 0 Å². The second-order valence-corrected chi connectivity index (χ2v) is 3.82. The van der Waals surface area contributed by atoms with Crippen molar-refractivity contribution < 1.29 is 18.0 Å². The van der Waals surface area contributed by atoms with Gasteiger partial charge in [0.25, 0.3) is 0 Å². The number of hydrogen-bond acceptors (Lipinski definition) is 1. The van der Waals surface area contributed by atoms with Gasteiger partial charge in [0.05, 0.1) is 0 Å². The molecule has 0 heterocycles. The van der Waals surface area contributed by atoms with Crippen LogP contribution in [0.5, 0.6) is 0 Å². The van der Waals surface area contributed by atoms with E-state index in [1.807, 2.05) is 0 Å². The Morgan fingerprint density at radius 2 is 1.71 bits per heavy atom. The molecule has 2 nitrogen and oxygen atoms in total. The number of rotatable bonds is 2. The summed E-state index contributed by atoms with van der Waals surface area (Å²) >= 11 is 0. The first-order valence-electron chi connectivity index (χ1n) is 4.79. The first-order chi connectivity index (χ1) is 6.43. The Balaban J connectivity index is 2.71. The average molecular weight is 209 g/mol. The zero-order chi connectivity index (χ0) is 10.8. The number of amides is 1. The summed E-state index contributed by atoms with van der Waals surface area (Å²) < 4.78 is 37.4. The third-order valence-electron chi connectivity index (χ3n) is 2.78. The van der Waals surface area contributed by atoms with Gasteiger partial charge in [-0.1, -0.05) is 19.3 Å². The average Bonchev–Trinajstić information content (AvgIpc) is 2.02. The molecule has 1 amide bonds. The van der Waals surface area contributed by atoms with Gasteiger partial charge in [0.2, 0.25) is 5.91 Å². The van der Waals surface area contributed by atoms with E-state index in [-0.39, 0.29) is 0 Å². The maximum absolute atomic E-state index is 12.5. The van der Waals surface area contributed by atoms with Crippen LogP contribution >= 0.6 is 0 Å². The molecule has 0 aromatic carbocycles. The van der Waals surface area contributed by atoms with Gasteiger partial charge < -0.3 is 5.73 Å². The maximum Gasteiger partial charge on any atom is 0.400 e. The van der Waals surface area contributed by atoms with E-state index >= 15 is 0 Å². The third-order valence-corrected chi connectivity index (χ3v) is 2.78. The van der Waals surface area contributed by atoms with Crippen molar-refractivity contribution in [1.29, 1.82) is 0 Å². The van der Waals surface area contributed by atoms with Crippen molar-refractivity contribution in [3.05, 3.63) is 0 Å². The van der Waals surface area contributed by atoms with Crippen molar-refractivity contribution >= 4 is 5.91 Å². The minimum Gasteiger partial charge on any atom is -0.369 e. The lowest BCUT2D eigenvalue weighted by Gasteiger charge is -2.29. The van der Waals surface area contributed by atoms with Crippen molar-refractivity contribution in [1.82, 2.24) is 0 Å². The molecule has 1 unspecified atom stereocenters. The van der Waals surface area contributed by atoms with Crippen molar-refractivity contribution in [3.63, 3.8) is 0 Å². The van der Waals surface area contributed by atoms with Gasteiger partial charge in [-0.05, 0) is 18.8 Å². The lowest BCUT2D eigenvalue weighted by Crippen LogP contribution is -2.41. The Labute approximate surface area is 80.7 Å². The number of alkyl halides is 3. The van der Waals surface area contributed by atoms with Gasteiger partial charge in [-0.2, -0.15) is 13.2 Å². The summed E-state index contributed by atoms with van der Waals surface area (Å²) in [6.07, 6.45) is -1.05. The van der Waals surface area contributed by atoms with Crippen molar-refractivity contribution in [3.8, 4) is 0 Å². The first kappa shape index (κ1) is 11.3. The number of primary amides is 1. The monoisotopic (exact) mass is 209 g/mol. The molecular formula is C9H14F3NO. The standard InChI is InChI=1S/C9H14F3NO/c10-9(11,12)7(8(13)14)6-4-2-1-3-5-6/h6-7H,1-5H2,(H2,13,14). The fraction of sp³-hybridized carbons (Fsp3) is 0.889. The summed E-state index contributed by atoms with van der Waals surface area (Å²) in [5.41, 5.74) is 4.79. The molecular weight excluding hydrogens is 195 g/mol. The summed E-state index contributed by atoms with van der Waals surface area (Å²) in [4.78, 5) is 10.7. The van der Waals surface area contributed by atoms with Crippen LogP contribution in [0.3, 0.4) is 0 Å². The largest absolute Gasteiger partial charge is 0.400 e. The summed E-state index contributed by atoms with van der Waals surface area (Å²) in [5.74, 6) is -3.77. The van der Waals surface area contributed by atoms with Crippen LogP contribution in [0.1, 0.15) is 32.1 Å². The second-order valence-electron chi connectivity index (χ2n) is 3.82. The molecule has 0 spiro atoms. The van der Waals surface area contributed by atoms with Crippen LogP contribution in [0.2, 0.25) is 0 Å². The van der Waals surface area contributed by atoms with Crippen LogP contribution in [-0.4, -0.2) is 12.1 Å². The smallest absolute Gasteiger partial charge is 0.369 e. The molecule has 1 saturated carbocycles. The number of hydrogen-bond donors (Lipinski definition) is 1. The van der Waals surface area contributed by atoms with Gasteiger partial charge in [-0.25, -0.2) is 0 Å². The quantitative estimate of drug-likeness (QED) is 0.744. The first-order valence-corrected chi connectivity index (χ1v) is 4.79. The fourth-order valence-electron chi connectivity index (χ4n) is 2.13. The summed E-state index contributed by atoms with van der Waals surface area (Å²) in [6, 6.07) is 0. The summed E-state index contributed by atoms with van der Waals surface area (Å²) in [5, 5.41) is 0. The number of carbonyl (C=O) groups is 1. The Morgan fingerprint density at radius 1 is 1.21 bits per heavy atom. The fourth-order valence-corrected chi connectivity index (χ4v) is 2.13. The second kappa shape index (κ2) is 4.19. The van der Waals surface area contributed by atoms with Crippen LogP contribution in [0.4, 0.5) is 13.2 Å². The van der Waals surface area contributed by atoms with Gasteiger partial charge in [0.15, 0.2) is 0 Å². The Morgan fingerprint density at radius 3 is 2.07 bits per heavy atom. The summed E-state index contributed by atoms with van der Waals surface area (Å²) in [6.45, 7) is 0. The molecule has 0 radical (unpaired) electrons. The molecule has 14 heavy (non-hydrogen) atoms. The Bertz CT molecular complexity index is 209. The van der Waals surface area contributed by atoms with E-state index in [1.165, 1.54) is 0 Å². The molecule has 2 N–H and O–H groups in total. The minimum atomic E-state index is -4.48. The van der Waals surface area contributed by atoms with E-state index < -0.39 is 23.9 Å². The highest BCUT2D eigenvalue weighted by Crippen LogP contribution is 2.39. The predicted molar refractivity (Wildman–Crippen MR) is 45.3 cm³/mol. The van der Waals surface area contributed by atoms with E-state index in [0.717, 1.165) is 19.3 Å². The molecule has 1 atom stereocenters. The molecule has 0 aromatic rings. The van der Waals surface area contributed by atoms with Gasteiger partial charge >= 0.3 is 6.18 Å². The Kier molecular flexibility index (Phi) is 3.39. The van der Waals surface area contributed by atoms with E-state index in [1.54, 1.807) is 0 Å². The maximum atomic E-state index is 12.5. The number of halogens is 3. The topological polar surface area (TPSA) is 43.1 Å². The Hall–Kier alpha value is -0.740. The van der Waals surface area contributed by atoms with Crippen LogP contribution in [0.15, 0.2) is 0 Å². The van der Waals surface area contributed by atoms with Gasteiger partial charge in [-0.15, -0.1) is 0 Å². The normalized spacial score (nSPS) is 21.9. The number of nitrogens with two attached hydrogens (primary N) is 1. The molecule has 5 heteroatoms. The van der Waals surface area contributed by atoms with E-state index in [0.29, 0.717) is 12.8 Å². The number of carbonyl (C=O) groups excluding carboxylic acids is 1. The zero-order valence-corrected chi connectivity index (χ0v) is 7.81. The molecule has 82 valence electrons. The zero-order valence-electron chi connectivity index (χ0n) is 7.81.